The molecule has 2 aromatic carbocycles. The fraction of sp³-hybridized carbons (Fsp3) is 0.211. The number of anilines is 1. The van der Waals surface area contributed by atoms with Gasteiger partial charge in [0.15, 0.2) is 0 Å². The van der Waals surface area contributed by atoms with Crippen LogP contribution in [0.2, 0.25) is 5.02 Å². The van der Waals surface area contributed by atoms with Crippen LogP contribution in [0.5, 0.6) is 0 Å². The highest BCUT2D eigenvalue weighted by molar-refractivity contribution is 6.30. The minimum atomic E-state index is -0.258. The maximum atomic E-state index is 12.1. The molecule has 0 saturated heterocycles. The summed E-state index contributed by atoms with van der Waals surface area (Å²) in [5, 5.41) is 0.690. The number of halogens is 1. The lowest BCUT2D eigenvalue weighted by Gasteiger charge is -2.29. The molecule has 0 radical (unpaired) electrons. The Morgan fingerprint density at radius 1 is 1.22 bits per heavy atom. The van der Waals surface area contributed by atoms with Crippen molar-refractivity contribution in [1.82, 2.24) is 0 Å². The van der Waals surface area contributed by atoms with Crippen LogP contribution in [0.1, 0.15) is 18.1 Å². The number of esters is 1. The van der Waals surface area contributed by atoms with Crippen molar-refractivity contribution < 1.29 is 9.53 Å². The Morgan fingerprint density at radius 2 is 2.00 bits per heavy atom. The van der Waals surface area contributed by atoms with Crippen LogP contribution in [0.15, 0.2) is 60.3 Å². The third-order valence-corrected chi connectivity index (χ3v) is 4.02. The first-order chi connectivity index (χ1) is 11.2. The third kappa shape index (κ3) is 3.57. The number of nitrogens with zero attached hydrogens (tertiary/aromatic N) is 1. The van der Waals surface area contributed by atoms with Gasteiger partial charge in [-0.05, 0) is 30.2 Å². The van der Waals surface area contributed by atoms with E-state index in [1.165, 1.54) is 5.56 Å². The molecule has 0 bridgehead atoms. The van der Waals surface area contributed by atoms with Crippen molar-refractivity contribution in [2.75, 3.05) is 11.5 Å². The van der Waals surface area contributed by atoms with Gasteiger partial charge in [0.25, 0.3) is 0 Å². The minimum absolute atomic E-state index is 0.258. The quantitative estimate of drug-likeness (QED) is 0.782. The van der Waals surface area contributed by atoms with Gasteiger partial charge in [-0.3, -0.25) is 0 Å². The van der Waals surface area contributed by atoms with Crippen molar-refractivity contribution in [3.05, 3.63) is 76.5 Å². The SMILES string of the molecule is CCOC(=O)C1=CN(Cc2ccccc2)c2cc(Cl)ccc2C1. The summed E-state index contributed by atoms with van der Waals surface area (Å²) in [6.45, 7) is 2.87. The summed E-state index contributed by atoms with van der Waals surface area (Å²) in [7, 11) is 0. The molecular formula is C19H18ClNO2. The van der Waals surface area contributed by atoms with Gasteiger partial charge < -0.3 is 9.64 Å². The van der Waals surface area contributed by atoms with Crippen LogP contribution in [-0.2, 0) is 22.5 Å². The molecule has 23 heavy (non-hydrogen) atoms. The molecule has 0 fully saturated rings. The van der Waals surface area contributed by atoms with Crippen molar-refractivity contribution in [2.24, 2.45) is 0 Å². The molecule has 0 aliphatic carbocycles. The van der Waals surface area contributed by atoms with Crippen molar-refractivity contribution >= 4 is 23.3 Å². The maximum absolute atomic E-state index is 12.1. The summed E-state index contributed by atoms with van der Waals surface area (Å²) < 4.78 is 5.16. The summed E-state index contributed by atoms with van der Waals surface area (Å²) >= 11 is 6.15. The second-order valence-corrected chi connectivity index (χ2v) is 5.87. The van der Waals surface area contributed by atoms with Crippen molar-refractivity contribution in [2.45, 2.75) is 19.9 Å². The Kier molecular flexibility index (Phi) is 4.68. The number of benzene rings is 2. The van der Waals surface area contributed by atoms with Gasteiger partial charge in [0, 0.05) is 29.9 Å². The maximum Gasteiger partial charge on any atom is 0.335 e. The van der Waals surface area contributed by atoms with Crippen molar-refractivity contribution in [1.29, 1.82) is 0 Å². The van der Waals surface area contributed by atoms with Crippen molar-refractivity contribution in [3.63, 3.8) is 0 Å². The van der Waals surface area contributed by atoms with Gasteiger partial charge in [-0.25, -0.2) is 4.79 Å². The van der Waals surface area contributed by atoms with E-state index in [1.54, 1.807) is 0 Å². The molecular weight excluding hydrogens is 310 g/mol. The summed E-state index contributed by atoms with van der Waals surface area (Å²) in [6, 6.07) is 15.9. The van der Waals surface area contributed by atoms with Gasteiger partial charge in [0.2, 0.25) is 0 Å². The zero-order chi connectivity index (χ0) is 16.2. The molecule has 3 rings (SSSR count). The van der Waals surface area contributed by atoms with Crippen LogP contribution in [0.3, 0.4) is 0 Å². The highest BCUT2D eigenvalue weighted by Crippen LogP contribution is 2.33. The lowest BCUT2D eigenvalue weighted by Crippen LogP contribution is -2.25. The first-order valence-electron chi connectivity index (χ1n) is 7.64. The summed E-state index contributed by atoms with van der Waals surface area (Å²) in [5.74, 6) is -0.258. The second-order valence-electron chi connectivity index (χ2n) is 5.44. The smallest absolute Gasteiger partial charge is 0.335 e. The first kappa shape index (κ1) is 15.6. The second kappa shape index (κ2) is 6.88. The summed E-state index contributed by atoms with van der Waals surface area (Å²) in [4.78, 5) is 14.2. The molecule has 0 saturated carbocycles. The average Bonchev–Trinajstić information content (AvgIpc) is 2.56. The Labute approximate surface area is 141 Å². The van der Waals surface area contributed by atoms with E-state index in [0.717, 1.165) is 11.3 Å². The van der Waals surface area contributed by atoms with E-state index in [1.807, 2.05) is 49.5 Å². The number of carbonyl (C=O) groups excluding carboxylic acids is 1. The van der Waals surface area contributed by atoms with Crippen molar-refractivity contribution in [3.8, 4) is 0 Å². The monoisotopic (exact) mass is 327 g/mol. The molecule has 0 atom stereocenters. The van der Waals surface area contributed by atoms with E-state index in [9.17, 15) is 4.79 Å². The largest absolute Gasteiger partial charge is 0.463 e. The molecule has 0 amide bonds. The van der Waals surface area contributed by atoms with Crippen LogP contribution in [0.4, 0.5) is 5.69 Å². The number of carbonyl (C=O) groups is 1. The molecule has 2 aromatic rings. The van der Waals surface area contributed by atoms with Crippen LogP contribution in [-0.4, -0.2) is 12.6 Å². The highest BCUT2D eigenvalue weighted by atomic mass is 35.5. The molecule has 0 unspecified atom stereocenters. The van der Waals surface area contributed by atoms with Crippen LogP contribution >= 0.6 is 11.6 Å². The van der Waals surface area contributed by atoms with Crippen LogP contribution in [0.25, 0.3) is 0 Å². The number of hydrogen-bond donors (Lipinski definition) is 0. The topological polar surface area (TPSA) is 29.5 Å². The Morgan fingerprint density at radius 3 is 2.74 bits per heavy atom. The Hall–Kier alpha value is -2.26. The van der Waals surface area contributed by atoms with Gasteiger partial charge in [0.1, 0.15) is 0 Å². The van der Waals surface area contributed by atoms with E-state index in [-0.39, 0.29) is 5.97 Å². The minimum Gasteiger partial charge on any atom is -0.463 e. The standard InChI is InChI=1S/C19H18ClNO2/c1-2-23-19(22)16-10-15-8-9-17(20)11-18(15)21(13-16)12-14-6-4-3-5-7-14/h3-9,11,13H,2,10,12H2,1H3. The molecule has 4 heteroatoms. The fourth-order valence-corrected chi connectivity index (χ4v) is 2.89. The van der Waals surface area contributed by atoms with Gasteiger partial charge >= 0.3 is 5.97 Å². The lowest BCUT2D eigenvalue weighted by molar-refractivity contribution is -0.138. The molecule has 0 N–H and O–H groups in total. The molecule has 0 aromatic heterocycles. The number of rotatable bonds is 4. The first-order valence-corrected chi connectivity index (χ1v) is 8.02. The van der Waals surface area contributed by atoms with Gasteiger partial charge in [-0.1, -0.05) is 48.0 Å². The van der Waals surface area contributed by atoms with E-state index in [4.69, 9.17) is 16.3 Å². The summed E-state index contributed by atoms with van der Waals surface area (Å²) in [5.41, 5.74) is 3.95. The number of hydrogen-bond acceptors (Lipinski definition) is 3. The van der Waals surface area contributed by atoms with Crippen LogP contribution < -0.4 is 4.90 Å². The van der Waals surface area contributed by atoms with E-state index in [0.29, 0.717) is 30.2 Å². The predicted molar refractivity (Wildman–Crippen MR) is 92.5 cm³/mol. The lowest BCUT2D eigenvalue weighted by atomic mass is 9.99. The fourth-order valence-electron chi connectivity index (χ4n) is 2.72. The number of ether oxygens (including phenoxy) is 1. The van der Waals surface area contributed by atoms with Gasteiger partial charge in [0.05, 0.1) is 12.2 Å². The molecule has 118 valence electrons. The Bertz CT molecular complexity index is 740. The zero-order valence-electron chi connectivity index (χ0n) is 13.0. The number of fused-ring (bicyclic) bond motifs is 1. The van der Waals surface area contributed by atoms with Gasteiger partial charge in [-0.2, -0.15) is 0 Å². The third-order valence-electron chi connectivity index (χ3n) is 3.78. The molecule has 0 spiro atoms. The van der Waals surface area contributed by atoms with Gasteiger partial charge in [-0.15, -0.1) is 0 Å². The highest BCUT2D eigenvalue weighted by Gasteiger charge is 2.22. The van der Waals surface area contributed by atoms with E-state index >= 15 is 0 Å². The Balaban J connectivity index is 1.96. The van der Waals surface area contributed by atoms with E-state index in [2.05, 4.69) is 17.0 Å². The van der Waals surface area contributed by atoms with Crippen LogP contribution in [0, 0.1) is 0 Å². The summed E-state index contributed by atoms with van der Waals surface area (Å²) in [6.07, 6.45) is 2.44. The normalized spacial score (nSPS) is 13.3. The van der Waals surface area contributed by atoms with E-state index < -0.39 is 0 Å². The molecule has 1 aliphatic rings. The average molecular weight is 328 g/mol. The predicted octanol–water partition coefficient (Wildman–Crippen LogP) is 4.35. The zero-order valence-corrected chi connectivity index (χ0v) is 13.7. The molecule has 3 nitrogen and oxygen atoms in total. The molecule has 1 aliphatic heterocycles. The molecule has 1 heterocycles.